The van der Waals surface area contributed by atoms with E-state index in [0.717, 1.165) is 24.5 Å². The van der Waals surface area contributed by atoms with Gasteiger partial charge in [0.15, 0.2) is 0 Å². The Morgan fingerprint density at radius 2 is 1.78 bits per heavy atom. The van der Waals surface area contributed by atoms with Crippen molar-refractivity contribution in [3.05, 3.63) is 54.1 Å². The molecule has 0 atom stereocenters. The van der Waals surface area contributed by atoms with E-state index >= 15 is 0 Å². The highest BCUT2D eigenvalue weighted by molar-refractivity contribution is 5.94. The van der Waals surface area contributed by atoms with Crippen molar-refractivity contribution in [3.8, 4) is 5.75 Å². The molecule has 0 unspecified atom stereocenters. The van der Waals surface area contributed by atoms with Crippen molar-refractivity contribution < 1.29 is 9.53 Å². The fourth-order valence-electron chi connectivity index (χ4n) is 2.83. The molecule has 1 heterocycles. The van der Waals surface area contributed by atoms with Gasteiger partial charge in [-0.3, -0.25) is 4.79 Å². The number of amides is 1. The van der Waals surface area contributed by atoms with Gasteiger partial charge in [-0.15, -0.1) is 0 Å². The quantitative estimate of drug-likeness (QED) is 0.883. The maximum atomic E-state index is 12.6. The third kappa shape index (κ3) is 3.39. The van der Waals surface area contributed by atoms with Gasteiger partial charge in [-0.25, -0.2) is 0 Å². The number of hydrogen-bond donors (Lipinski definition) is 1. The van der Waals surface area contributed by atoms with Gasteiger partial charge >= 0.3 is 0 Å². The van der Waals surface area contributed by atoms with Gasteiger partial charge in [0, 0.05) is 43.1 Å². The van der Waals surface area contributed by atoms with Crippen LogP contribution in [-0.2, 0) is 0 Å². The first-order valence-corrected chi connectivity index (χ1v) is 7.71. The number of rotatable bonds is 3. The van der Waals surface area contributed by atoms with Gasteiger partial charge in [0.2, 0.25) is 0 Å². The maximum absolute atomic E-state index is 12.6. The summed E-state index contributed by atoms with van der Waals surface area (Å²) in [5, 5.41) is 0. The van der Waals surface area contributed by atoms with Crippen LogP contribution >= 0.6 is 0 Å². The SMILES string of the molecule is COc1cccc(C(=O)N2CCN(c3cccc(N)c3)CC2)c1. The standard InChI is InChI=1S/C18H21N3O2/c1-23-17-7-2-4-14(12-17)18(22)21-10-8-20(9-11-21)16-6-3-5-15(19)13-16/h2-7,12-13H,8-11,19H2,1H3. The summed E-state index contributed by atoms with van der Waals surface area (Å²) in [5.41, 5.74) is 8.38. The molecule has 1 aliphatic heterocycles. The number of piperazine rings is 1. The predicted octanol–water partition coefficient (Wildman–Crippen LogP) is 2.24. The van der Waals surface area contributed by atoms with Crippen LogP contribution in [0.5, 0.6) is 5.75 Å². The first kappa shape index (κ1) is 15.2. The van der Waals surface area contributed by atoms with Crippen LogP contribution in [0.25, 0.3) is 0 Å². The zero-order chi connectivity index (χ0) is 16.2. The fourth-order valence-corrected chi connectivity index (χ4v) is 2.83. The fraction of sp³-hybridized carbons (Fsp3) is 0.278. The number of carbonyl (C=O) groups excluding carboxylic acids is 1. The van der Waals surface area contributed by atoms with E-state index in [1.807, 2.05) is 41.3 Å². The first-order valence-electron chi connectivity index (χ1n) is 7.71. The van der Waals surface area contributed by atoms with Crippen molar-refractivity contribution in [2.24, 2.45) is 0 Å². The van der Waals surface area contributed by atoms with Crippen molar-refractivity contribution in [1.29, 1.82) is 0 Å². The van der Waals surface area contributed by atoms with Gasteiger partial charge in [-0.1, -0.05) is 12.1 Å². The Morgan fingerprint density at radius 1 is 1.04 bits per heavy atom. The molecule has 23 heavy (non-hydrogen) atoms. The average molecular weight is 311 g/mol. The molecule has 5 heteroatoms. The molecular weight excluding hydrogens is 290 g/mol. The van der Waals surface area contributed by atoms with E-state index in [2.05, 4.69) is 11.0 Å². The van der Waals surface area contributed by atoms with E-state index < -0.39 is 0 Å². The lowest BCUT2D eigenvalue weighted by molar-refractivity contribution is 0.0746. The van der Waals surface area contributed by atoms with Gasteiger partial charge in [0.25, 0.3) is 5.91 Å². The lowest BCUT2D eigenvalue weighted by Gasteiger charge is -2.36. The molecule has 0 aliphatic carbocycles. The first-order chi connectivity index (χ1) is 11.2. The molecule has 0 radical (unpaired) electrons. The minimum Gasteiger partial charge on any atom is -0.497 e. The number of nitrogens with two attached hydrogens (primary N) is 1. The molecule has 0 bridgehead atoms. The van der Waals surface area contributed by atoms with E-state index in [-0.39, 0.29) is 5.91 Å². The Balaban J connectivity index is 1.65. The summed E-state index contributed by atoms with van der Waals surface area (Å²) >= 11 is 0. The highest BCUT2D eigenvalue weighted by Gasteiger charge is 2.22. The van der Waals surface area contributed by atoms with Crippen molar-refractivity contribution in [1.82, 2.24) is 4.90 Å². The number of benzene rings is 2. The largest absolute Gasteiger partial charge is 0.497 e. The molecule has 1 aliphatic rings. The van der Waals surface area contributed by atoms with Crippen LogP contribution in [0.3, 0.4) is 0 Å². The third-order valence-electron chi connectivity index (χ3n) is 4.12. The molecule has 0 aromatic heterocycles. The summed E-state index contributed by atoms with van der Waals surface area (Å²) in [5.74, 6) is 0.755. The maximum Gasteiger partial charge on any atom is 0.254 e. The Bertz CT molecular complexity index is 694. The number of hydrogen-bond acceptors (Lipinski definition) is 4. The van der Waals surface area contributed by atoms with Crippen LogP contribution in [0.2, 0.25) is 0 Å². The van der Waals surface area contributed by atoms with Crippen LogP contribution in [0.1, 0.15) is 10.4 Å². The normalized spacial score (nSPS) is 14.7. The van der Waals surface area contributed by atoms with Gasteiger partial charge in [-0.05, 0) is 36.4 Å². The summed E-state index contributed by atoms with van der Waals surface area (Å²) in [6.07, 6.45) is 0. The van der Waals surface area contributed by atoms with Gasteiger partial charge in [0.05, 0.1) is 7.11 Å². The molecule has 120 valence electrons. The molecule has 3 rings (SSSR count). The van der Waals surface area contributed by atoms with Crippen LogP contribution in [0.15, 0.2) is 48.5 Å². The monoisotopic (exact) mass is 311 g/mol. The number of anilines is 2. The summed E-state index contributed by atoms with van der Waals surface area (Å²) < 4.78 is 5.19. The number of carbonyl (C=O) groups is 1. The minimum atomic E-state index is 0.0520. The summed E-state index contributed by atoms with van der Waals surface area (Å²) in [7, 11) is 1.61. The molecule has 1 amide bonds. The van der Waals surface area contributed by atoms with Crippen molar-refractivity contribution >= 4 is 17.3 Å². The van der Waals surface area contributed by atoms with Crippen LogP contribution in [0, 0.1) is 0 Å². The second kappa shape index (κ2) is 6.60. The Morgan fingerprint density at radius 3 is 2.48 bits per heavy atom. The average Bonchev–Trinajstić information content (AvgIpc) is 2.61. The minimum absolute atomic E-state index is 0.0520. The number of methoxy groups -OCH3 is 1. The number of nitrogens with zero attached hydrogens (tertiary/aromatic N) is 2. The second-order valence-corrected chi connectivity index (χ2v) is 5.61. The number of nitrogen functional groups attached to an aromatic ring is 1. The zero-order valence-corrected chi connectivity index (χ0v) is 13.2. The topological polar surface area (TPSA) is 58.8 Å². The third-order valence-corrected chi connectivity index (χ3v) is 4.12. The van der Waals surface area contributed by atoms with Gasteiger partial charge in [-0.2, -0.15) is 0 Å². The molecule has 0 spiro atoms. The van der Waals surface area contributed by atoms with E-state index in [9.17, 15) is 4.79 Å². The highest BCUT2D eigenvalue weighted by Crippen LogP contribution is 2.20. The molecule has 1 saturated heterocycles. The van der Waals surface area contributed by atoms with E-state index in [4.69, 9.17) is 10.5 Å². The van der Waals surface area contributed by atoms with Crippen molar-refractivity contribution in [2.75, 3.05) is 43.9 Å². The summed E-state index contributed by atoms with van der Waals surface area (Å²) in [4.78, 5) is 16.7. The molecule has 0 saturated carbocycles. The zero-order valence-electron chi connectivity index (χ0n) is 13.2. The lowest BCUT2D eigenvalue weighted by atomic mass is 10.1. The Kier molecular flexibility index (Phi) is 4.37. The van der Waals surface area contributed by atoms with Gasteiger partial charge < -0.3 is 20.3 Å². The second-order valence-electron chi connectivity index (χ2n) is 5.61. The molecule has 1 fully saturated rings. The Hall–Kier alpha value is -2.69. The smallest absolute Gasteiger partial charge is 0.254 e. The highest BCUT2D eigenvalue weighted by atomic mass is 16.5. The van der Waals surface area contributed by atoms with Gasteiger partial charge in [0.1, 0.15) is 5.75 Å². The lowest BCUT2D eigenvalue weighted by Crippen LogP contribution is -2.48. The van der Waals surface area contributed by atoms with E-state index in [1.165, 1.54) is 0 Å². The molecule has 5 nitrogen and oxygen atoms in total. The Labute approximate surface area is 136 Å². The molecular formula is C18H21N3O2. The van der Waals surface area contributed by atoms with Crippen LogP contribution < -0.4 is 15.4 Å². The van der Waals surface area contributed by atoms with E-state index in [1.54, 1.807) is 13.2 Å². The van der Waals surface area contributed by atoms with Crippen LogP contribution in [-0.4, -0.2) is 44.1 Å². The van der Waals surface area contributed by atoms with Crippen LogP contribution in [0.4, 0.5) is 11.4 Å². The summed E-state index contributed by atoms with van der Waals surface area (Å²) in [6, 6.07) is 15.2. The summed E-state index contributed by atoms with van der Waals surface area (Å²) in [6.45, 7) is 3.01. The number of ether oxygens (including phenoxy) is 1. The van der Waals surface area contributed by atoms with Crippen molar-refractivity contribution in [3.63, 3.8) is 0 Å². The molecule has 2 aromatic carbocycles. The predicted molar refractivity (Wildman–Crippen MR) is 92.0 cm³/mol. The van der Waals surface area contributed by atoms with Crippen molar-refractivity contribution in [2.45, 2.75) is 0 Å². The molecule has 2 N–H and O–H groups in total. The molecule has 2 aromatic rings. The van der Waals surface area contributed by atoms with E-state index in [0.29, 0.717) is 24.4 Å².